The van der Waals surface area contributed by atoms with Crippen LogP contribution < -0.4 is 5.32 Å². The number of amides is 2. The normalized spacial score (nSPS) is 12.0. The van der Waals surface area contributed by atoms with Gasteiger partial charge in [0.05, 0.1) is 5.75 Å². The molecule has 1 N–H and O–H groups in total. The molecule has 0 saturated heterocycles. The van der Waals surface area contributed by atoms with Crippen molar-refractivity contribution in [2.45, 2.75) is 51.6 Å². The lowest BCUT2D eigenvalue weighted by molar-refractivity contribution is -0.139. The SMILES string of the molecule is CCC(C(=O)NC(C)C)N(Cc1c(Cl)cccc1Cl)C(=O)CSCc1ccc(Cl)cc1Cl. The highest BCUT2D eigenvalue weighted by Gasteiger charge is 2.30. The molecule has 32 heavy (non-hydrogen) atoms. The van der Waals surface area contributed by atoms with E-state index in [-0.39, 0.29) is 30.2 Å². The van der Waals surface area contributed by atoms with Gasteiger partial charge in [0.15, 0.2) is 0 Å². The van der Waals surface area contributed by atoms with E-state index in [1.54, 1.807) is 35.2 Å². The minimum absolute atomic E-state index is 0.0428. The van der Waals surface area contributed by atoms with Crippen molar-refractivity contribution in [3.63, 3.8) is 0 Å². The summed E-state index contributed by atoms with van der Waals surface area (Å²) in [5.74, 6) is 0.329. The number of carbonyl (C=O) groups excluding carboxylic acids is 2. The maximum absolute atomic E-state index is 13.3. The molecule has 4 nitrogen and oxygen atoms in total. The number of thioether (sulfide) groups is 1. The lowest BCUT2D eigenvalue weighted by Gasteiger charge is -2.31. The van der Waals surface area contributed by atoms with Crippen molar-refractivity contribution in [1.29, 1.82) is 0 Å². The van der Waals surface area contributed by atoms with Crippen LogP contribution in [-0.4, -0.2) is 34.6 Å². The molecule has 0 aromatic heterocycles. The molecule has 0 aliphatic carbocycles. The van der Waals surface area contributed by atoms with E-state index in [9.17, 15) is 9.59 Å². The minimum atomic E-state index is -0.642. The fourth-order valence-electron chi connectivity index (χ4n) is 3.12. The predicted octanol–water partition coefficient (Wildman–Crippen LogP) is 6.87. The van der Waals surface area contributed by atoms with E-state index in [4.69, 9.17) is 46.4 Å². The van der Waals surface area contributed by atoms with Crippen molar-refractivity contribution in [2.24, 2.45) is 0 Å². The van der Waals surface area contributed by atoms with Crippen molar-refractivity contribution >= 4 is 70.0 Å². The van der Waals surface area contributed by atoms with Gasteiger partial charge in [0.1, 0.15) is 6.04 Å². The van der Waals surface area contributed by atoms with Gasteiger partial charge in [-0.1, -0.05) is 65.5 Å². The summed E-state index contributed by atoms with van der Waals surface area (Å²) in [5, 5.41) is 4.93. The van der Waals surface area contributed by atoms with Gasteiger partial charge in [-0.05, 0) is 50.1 Å². The number of benzene rings is 2. The lowest BCUT2D eigenvalue weighted by Crippen LogP contribution is -2.51. The van der Waals surface area contributed by atoms with Gasteiger partial charge in [0.2, 0.25) is 11.8 Å². The number of nitrogens with zero attached hydrogens (tertiary/aromatic N) is 1. The number of halogens is 4. The Morgan fingerprint density at radius 2 is 1.69 bits per heavy atom. The summed E-state index contributed by atoms with van der Waals surface area (Å²) in [6.07, 6.45) is 0.458. The lowest BCUT2D eigenvalue weighted by atomic mass is 10.1. The zero-order valence-corrected chi connectivity index (χ0v) is 22.0. The Balaban J connectivity index is 2.21. The van der Waals surface area contributed by atoms with E-state index in [1.807, 2.05) is 26.8 Å². The fraction of sp³-hybridized carbons (Fsp3) is 0.391. The predicted molar refractivity (Wildman–Crippen MR) is 137 cm³/mol. The summed E-state index contributed by atoms with van der Waals surface area (Å²) in [6.45, 7) is 5.78. The molecule has 1 unspecified atom stereocenters. The molecular formula is C23H26Cl4N2O2S. The van der Waals surface area contributed by atoms with Crippen LogP contribution in [0.1, 0.15) is 38.3 Å². The first-order valence-electron chi connectivity index (χ1n) is 10.2. The Morgan fingerprint density at radius 3 is 2.25 bits per heavy atom. The molecule has 1 atom stereocenters. The van der Waals surface area contributed by atoms with Gasteiger partial charge in [0.25, 0.3) is 0 Å². The number of nitrogens with one attached hydrogen (secondary N) is 1. The number of hydrogen-bond donors (Lipinski definition) is 1. The van der Waals surface area contributed by atoms with Gasteiger partial charge in [-0.3, -0.25) is 9.59 Å². The fourth-order valence-corrected chi connectivity index (χ4v) is 5.11. The smallest absolute Gasteiger partial charge is 0.243 e. The van der Waals surface area contributed by atoms with Gasteiger partial charge in [-0.15, -0.1) is 11.8 Å². The average Bonchev–Trinajstić information content (AvgIpc) is 2.71. The summed E-state index contributed by atoms with van der Waals surface area (Å²) < 4.78 is 0. The van der Waals surface area contributed by atoms with Gasteiger partial charge in [-0.2, -0.15) is 0 Å². The van der Waals surface area contributed by atoms with Gasteiger partial charge >= 0.3 is 0 Å². The van der Waals surface area contributed by atoms with Crippen LogP contribution in [0.3, 0.4) is 0 Å². The third kappa shape index (κ3) is 7.74. The third-order valence-corrected chi connectivity index (χ3v) is 6.97. The quantitative estimate of drug-likeness (QED) is 0.361. The first-order chi connectivity index (χ1) is 15.1. The summed E-state index contributed by atoms with van der Waals surface area (Å²) in [7, 11) is 0. The molecular weight excluding hydrogens is 510 g/mol. The molecule has 2 aromatic carbocycles. The second kappa shape index (κ2) is 13.0. The molecule has 0 heterocycles. The van der Waals surface area contributed by atoms with Crippen molar-refractivity contribution in [3.05, 3.63) is 67.6 Å². The molecule has 2 rings (SSSR count). The van der Waals surface area contributed by atoms with Crippen LogP contribution in [0, 0.1) is 0 Å². The largest absolute Gasteiger partial charge is 0.352 e. The zero-order chi connectivity index (χ0) is 23.8. The molecule has 0 fully saturated rings. The summed E-state index contributed by atoms with van der Waals surface area (Å²) in [5.41, 5.74) is 1.50. The van der Waals surface area contributed by atoms with Crippen LogP contribution >= 0.6 is 58.2 Å². The molecule has 174 valence electrons. The summed E-state index contributed by atoms with van der Waals surface area (Å²) >= 11 is 26.3. The van der Waals surface area contributed by atoms with E-state index >= 15 is 0 Å². The second-order valence-corrected chi connectivity index (χ2v) is 10.2. The Kier molecular flexibility index (Phi) is 11.0. The standard InChI is InChI=1S/C23H26Cl4N2O2S/c1-4-21(23(31)28-14(2)3)29(11-17-18(25)6-5-7-19(17)26)22(30)13-32-12-15-8-9-16(24)10-20(15)27/h5-10,14,21H,4,11-13H2,1-3H3,(H,28,31). The summed E-state index contributed by atoms with van der Waals surface area (Å²) in [4.78, 5) is 27.7. The second-order valence-electron chi connectivity index (χ2n) is 7.54. The Labute approximate surface area is 213 Å². The molecule has 2 amide bonds. The van der Waals surface area contributed by atoms with Crippen molar-refractivity contribution in [3.8, 4) is 0 Å². The molecule has 0 aliphatic heterocycles. The van der Waals surface area contributed by atoms with Crippen molar-refractivity contribution in [1.82, 2.24) is 10.2 Å². The number of hydrogen-bond acceptors (Lipinski definition) is 3. The highest BCUT2D eigenvalue weighted by atomic mass is 35.5. The molecule has 0 saturated carbocycles. The van der Waals surface area contributed by atoms with E-state index in [0.717, 1.165) is 5.56 Å². The highest BCUT2D eigenvalue weighted by molar-refractivity contribution is 7.99. The van der Waals surface area contributed by atoms with E-state index in [0.29, 0.717) is 37.8 Å². The Bertz CT molecular complexity index is 935. The maximum Gasteiger partial charge on any atom is 0.243 e. The van der Waals surface area contributed by atoms with Crippen molar-refractivity contribution < 1.29 is 9.59 Å². The van der Waals surface area contributed by atoms with Crippen LogP contribution in [0.15, 0.2) is 36.4 Å². The molecule has 0 aliphatic rings. The molecule has 9 heteroatoms. The van der Waals surface area contributed by atoms with E-state index < -0.39 is 6.04 Å². The van der Waals surface area contributed by atoms with Crippen LogP contribution in [0.25, 0.3) is 0 Å². The van der Waals surface area contributed by atoms with Crippen LogP contribution in [0.4, 0.5) is 0 Å². The molecule has 0 radical (unpaired) electrons. The number of rotatable bonds is 10. The number of carbonyl (C=O) groups is 2. The van der Waals surface area contributed by atoms with E-state index in [1.165, 1.54) is 11.8 Å². The monoisotopic (exact) mass is 534 g/mol. The minimum Gasteiger partial charge on any atom is -0.352 e. The highest BCUT2D eigenvalue weighted by Crippen LogP contribution is 2.28. The van der Waals surface area contributed by atoms with Crippen molar-refractivity contribution in [2.75, 3.05) is 5.75 Å². The van der Waals surface area contributed by atoms with Crippen LogP contribution in [0.2, 0.25) is 20.1 Å². The van der Waals surface area contributed by atoms with Crippen LogP contribution in [0.5, 0.6) is 0 Å². The van der Waals surface area contributed by atoms with E-state index in [2.05, 4.69) is 5.32 Å². The molecule has 0 spiro atoms. The first-order valence-corrected chi connectivity index (χ1v) is 12.8. The van der Waals surface area contributed by atoms with Crippen LogP contribution in [-0.2, 0) is 21.9 Å². The molecule has 0 bridgehead atoms. The first kappa shape index (κ1) is 27.1. The van der Waals surface area contributed by atoms with Gasteiger partial charge in [-0.25, -0.2) is 0 Å². The Morgan fingerprint density at radius 1 is 1.03 bits per heavy atom. The van der Waals surface area contributed by atoms with Gasteiger partial charge < -0.3 is 10.2 Å². The topological polar surface area (TPSA) is 49.4 Å². The summed E-state index contributed by atoms with van der Waals surface area (Å²) in [6, 6.07) is 9.78. The average molecular weight is 536 g/mol. The maximum atomic E-state index is 13.3. The zero-order valence-electron chi connectivity index (χ0n) is 18.1. The third-order valence-electron chi connectivity index (χ3n) is 4.71. The Hall–Kier alpha value is -1.11. The van der Waals surface area contributed by atoms with Gasteiger partial charge in [0, 0.05) is 44.0 Å². The molecule has 2 aromatic rings.